The largest absolute Gasteiger partial charge is 0.481 e. The molecule has 0 saturated carbocycles. The van der Waals surface area contributed by atoms with E-state index in [1.54, 1.807) is 19.2 Å². The molecule has 150 valence electrons. The van der Waals surface area contributed by atoms with E-state index in [2.05, 4.69) is 0 Å². The van der Waals surface area contributed by atoms with Crippen LogP contribution in [0.3, 0.4) is 0 Å². The van der Waals surface area contributed by atoms with E-state index in [-0.39, 0.29) is 12.0 Å². The molecule has 1 aromatic heterocycles. The zero-order valence-electron chi connectivity index (χ0n) is 16.0. The van der Waals surface area contributed by atoms with Crippen molar-refractivity contribution in [2.45, 2.75) is 25.0 Å². The Morgan fingerprint density at radius 2 is 1.66 bits per heavy atom. The van der Waals surface area contributed by atoms with Gasteiger partial charge in [0.15, 0.2) is 0 Å². The van der Waals surface area contributed by atoms with E-state index >= 15 is 0 Å². The lowest BCUT2D eigenvalue weighted by Crippen LogP contribution is -2.21. The summed E-state index contributed by atoms with van der Waals surface area (Å²) in [4.78, 5) is 23.5. The van der Waals surface area contributed by atoms with E-state index in [9.17, 15) is 19.8 Å². The van der Waals surface area contributed by atoms with Crippen molar-refractivity contribution in [1.29, 1.82) is 0 Å². The second-order valence-electron chi connectivity index (χ2n) is 6.95. The van der Waals surface area contributed by atoms with Crippen molar-refractivity contribution in [3.8, 4) is 11.1 Å². The number of nitrogens with zero attached hydrogens (tertiary/aromatic N) is 1. The van der Waals surface area contributed by atoms with E-state index in [4.69, 9.17) is 5.11 Å². The SMILES string of the molecule is Cn1c(/C=C/C(O)CC(O)CC(=O)O)c(-c2ccccc2)c2ccccc2c1=O. The summed E-state index contributed by atoms with van der Waals surface area (Å²) in [6.07, 6.45) is 0.380. The maximum atomic E-state index is 12.8. The summed E-state index contributed by atoms with van der Waals surface area (Å²) in [5.74, 6) is -1.13. The van der Waals surface area contributed by atoms with Gasteiger partial charge < -0.3 is 19.9 Å². The third kappa shape index (κ3) is 4.62. The topological polar surface area (TPSA) is 99.8 Å². The van der Waals surface area contributed by atoms with Crippen LogP contribution in [0.5, 0.6) is 0 Å². The maximum Gasteiger partial charge on any atom is 0.305 e. The van der Waals surface area contributed by atoms with Crippen molar-refractivity contribution < 1.29 is 20.1 Å². The highest BCUT2D eigenvalue weighted by molar-refractivity contribution is 5.99. The zero-order valence-corrected chi connectivity index (χ0v) is 16.0. The monoisotopic (exact) mass is 393 g/mol. The van der Waals surface area contributed by atoms with Gasteiger partial charge in [-0.2, -0.15) is 0 Å². The molecule has 0 spiro atoms. The summed E-state index contributed by atoms with van der Waals surface area (Å²) in [5, 5.41) is 30.1. The van der Waals surface area contributed by atoms with Gasteiger partial charge in [0.1, 0.15) is 0 Å². The van der Waals surface area contributed by atoms with Gasteiger partial charge >= 0.3 is 5.97 Å². The van der Waals surface area contributed by atoms with E-state index < -0.39 is 24.6 Å². The van der Waals surface area contributed by atoms with Crippen molar-refractivity contribution in [2.75, 3.05) is 0 Å². The molecule has 0 aliphatic carbocycles. The third-order valence-corrected chi connectivity index (χ3v) is 4.81. The van der Waals surface area contributed by atoms with Crippen molar-refractivity contribution >= 4 is 22.8 Å². The van der Waals surface area contributed by atoms with E-state index in [1.165, 1.54) is 10.6 Å². The summed E-state index contributed by atoms with van der Waals surface area (Å²) in [6, 6.07) is 17.0. The molecule has 0 bridgehead atoms. The number of carboxylic acids is 1. The van der Waals surface area contributed by atoms with Crippen LogP contribution in [0.2, 0.25) is 0 Å². The van der Waals surface area contributed by atoms with Gasteiger partial charge in [0, 0.05) is 24.4 Å². The summed E-state index contributed by atoms with van der Waals surface area (Å²) >= 11 is 0. The molecule has 6 heteroatoms. The minimum atomic E-state index is -1.15. The van der Waals surface area contributed by atoms with Gasteiger partial charge in [0.2, 0.25) is 0 Å². The molecule has 1 heterocycles. The van der Waals surface area contributed by atoms with Crippen LogP contribution in [0.15, 0.2) is 65.5 Å². The first kappa shape index (κ1) is 20.5. The molecule has 2 aromatic carbocycles. The van der Waals surface area contributed by atoms with Gasteiger partial charge in [-0.3, -0.25) is 9.59 Å². The molecule has 2 atom stereocenters. The van der Waals surface area contributed by atoms with Crippen LogP contribution >= 0.6 is 0 Å². The number of aliphatic hydroxyl groups excluding tert-OH is 2. The molecular weight excluding hydrogens is 370 g/mol. The number of hydrogen-bond donors (Lipinski definition) is 3. The third-order valence-electron chi connectivity index (χ3n) is 4.81. The minimum Gasteiger partial charge on any atom is -0.481 e. The number of aliphatic carboxylic acids is 1. The highest BCUT2D eigenvalue weighted by Gasteiger charge is 2.16. The van der Waals surface area contributed by atoms with Crippen molar-refractivity contribution in [3.05, 3.63) is 76.7 Å². The van der Waals surface area contributed by atoms with Crippen LogP contribution in [0, 0.1) is 0 Å². The van der Waals surface area contributed by atoms with Gasteiger partial charge in [-0.1, -0.05) is 54.6 Å². The van der Waals surface area contributed by atoms with Gasteiger partial charge in [0.25, 0.3) is 5.56 Å². The zero-order chi connectivity index (χ0) is 21.0. The molecule has 3 aromatic rings. The number of fused-ring (bicyclic) bond motifs is 1. The predicted octanol–water partition coefficient (Wildman–Crippen LogP) is 2.81. The summed E-state index contributed by atoms with van der Waals surface area (Å²) in [6.45, 7) is 0. The van der Waals surface area contributed by atoms with E-state index in [1.807, 2.05) is 48.5 Å². The Morgan fingerprint density at radius 3 is 2.31 bits per heavy atom. The fraction of sp³-hybridized carbons (Fsp3) is 0.217. The number of aliphatic hydroxyl groups is 2. The quantitative estimate of drug-likeness (QED) is 0.573. The number of carboxylic acid groups (broad SMARTS) is 1. The number of carbonyl (C=O) groups is 1. The number of benzene rings is 2. The Morgan fingerprint density at radius 1 is 1.03 bits per heavy atom. The Kier molecular flexibility index (Phi) is 6.26. The van der Waals surface area contributed by atoms with Crippen LogP contribution in [0.1, 0.15) is 18.5 Å². The van der Waals surface area contributed by atoms with Gasteiger partial charge in [-0.15, -0.1) is 0 Å². The number of pyridine rings is 1. The minimum absolute atomic E-state index is 0.106. The molecular formula is C23H23NO5. The second-order valence-corrected chi connectivity index (χ2v) is 6.95. The molecule has 0 saturated heterocycles. The summed E-state index contributed by atoms with van der Waals surface area (Å²) in [7, 11) is 1.67. The maximum absolute atomic E-state index is 12.8. The predicted molar refractivity (Wildman–Crippen MR) is 113 cm³/mol. The molecule has 3 N–H and O–H groups in total. The highest BCUT2D eigenvalue weighted by atomic mass is 16.4. The van der Waals surface area contributed by atoms with E-state index in [0.717, 1.165) is 16.5 Å². The Bertz CT molecular complexity index is 1100. The first-order valence-corrected chi connectivity index (χ1v) is 9.31. The average molecular weight is 393 g/mol. The molecule has 0 amide bonds. The second kappa shape index (κ2) is 8.86. The number of rotatable bonds is 7. The lowest BCUT2D eigenvalue weighted by atomic mass is 9.96. The van der Waals surface area contributed by atoms with Crippen LogP contribution in [-0.2, 0) is 11.8 Å². The summed E-state index contributed by atoms with van der Waals surface area (Å²) < 4.78 is 1.53. The number of aromatic nitrogens is 1. The van der Waals surface area contributed by atoms with Crippen molar-refractivity contribution in [1.82, 2.24) is 4.57 Å². The molecule has 0 fully saturated rings. The number of hydrogen-bond acceptors (Lipinski definition) is 4. The Hall–Kier alpha value is -3.22. The van der Waals surface area contributed by atoms with E-state index in [0.29, 0.717) is 11.1 Å². The lowest BCUT2D eigenvalue weighted by Gasteiger charge is -2.16. The van der Waals surface area contributed by atoms with Crippen LogP contribution in [-0.4, -0.2) is 38.1 Å². The Labute approximate surface area is 168 Å². The normalized spacial score (nSPS) is 13.6. The van der Waals surface area contributed by atoms with Crippen LogP contribution in [0.25, 0.3) is 28.0 Å². The lowest BCUT2D eigenvalue weighted by molar-refractivity contribution is -0.139. The fourth-order valence-electron chi connectivity index (χ4n) is 3.43. The van der Waals surface area contributed by atoms with Gasteiger partial charge in [0.05, 0.1) is 24.3 Å². The van der Waals surface area contributed by atoms with Gasteiger partial charge in [-0.05, 0) is 23.1 Å². The highest BCUT2D eigenvalue weighted by Crippen LogP contribution is 2.31. The van der Waals surface area contributed by atoms with Crippen LogP contribution in [0.4, 0.5) is 0 Å². The Balaban J connectivity index is 2.08. The van der Waals surface area contributed by atoms with Crippen molar-refractivity contribution in [2.24, 2.45) is 7.05 Å². The smallest absolute Gasteiger partial charge is 0.305 e. The molecule has 0 aliphatic rings. The molecule has 2 unspecified atom stereocenters. The van der Waals surface area contributed by atoms with Crippen molar-refractivity contribution in [3.63, 3.8) is 0 Å². The standard InChI is InChI=1S/C23H23NO5/c1-24-20(12-11-16(25)13-17(26)14-21(27)28)22(15-7-3-2-4-8-15)18-9-5-6-10-19(18)23(24)29/h2-12,16-17,25-26H,13-14H2,1H3,(H,27,28)/b12-11+. The first-order valence-electron chi connectivity index (χ1n) is 9.31. The molecule has 3 rings (SSSR count). The molecule has 29 heavy (non-hydrogen) atoms. The fourth-order valence-corrected chi connectivity index (χ4v) is 3.43. The molecule has 0 aliphatic heterocycles. The van der Waals surface area contributed by atoms with Crippen LogP contribution < -0.4 is 5.56 Å². The molecule has 0 radical (unpaired) electrons. The average Bonchev–Trinajstić information content (AvgIpc) is 2.69. The van der Waals surface area contributed by atoms with Gasteiger partial charge in [-0.25, -0.2) is 0 Å². The first-order chi connectivity index (χ1) is 13.9. The molecule has 6 nitrogen and oxygen atoms in total. The summed E-state index contributed by atoms with van der Waals surface area (Å²) in [5.41, 5.74) is 2.25.